The van der Waals surface area contributed by atoms with Gasteiger partial charge in [-0.3, -0.25) is 0 Å². The fourth-order valence-electron chi connectivity index (χ4n) is 5.40. The maximum atomic E-state index is 13.1. The molecule has 0 heterocycles. The molecule has 0 bridgehead atoms. The van der Waals surface area contributed by atoms with E-state index >= 15 is 0 Å². The SMILES string of the molecule is C=CC(=O)OCCCOc1ccc(C(=O)Oc2ccc3cc(C(=O)Oc4ccc5cc(C(=O)Oc6ccc(C)cc6C)ccc5c4)ccc3c2)cc1. The number of rotatable bonds is 12. The van der Waals surface area contributed by atoms with Crippen LogP contribution in [0.2, 0.25) is 0 Å². The molecule has 0 aromatic heterocycles. The Bertz CT molecular complexity index is 2320. The summed E-state index contributed by atoms with van der Waals surface area (Å²) in [4.78, 5) is 49.8. The van der Waals surface area contributed by atoms with Crippen molar-refractivity contribution in [2.45, 2.75) is 20.3 Å². The molecule has 52 heavy (non-hydrogen) atoms. The van der Waals surface area contributed by atoms with Crippen LogP contribution in [0.15, 0.2) is 128 Å². The summed E-state index contributed by atoms with van der Waals surface area (Å²) in [5, 5.41) is 3.11. The van der Waals surface area contributed by atoms with Gasteiger partial charge in [0.25, 0.3) is 0 Å². The summed E-state index contributed by atoms with van der Waals surface area (Å²) in [5.74, 6) is -0.222. The predicted octanol–water partition coefficient (Wildman–Crippen LogP) is 8.77. The second-order valence-electron chi connectivity index (χ2n) is 12.0. The second-order valence-corrected chi connectivity index (χ2v) is 12.0. The maximum Gasteiger partial charge on any atom is 0.343 e. The van der Waals surface area contributed by atoms with Gasteiger partial charge in [-0.25, -0.2) is 19.2 Å². The van der Waals surface area contributed by atoms with Gasteiger partial charge in [0.2, 0.25) is 0 Å². The molecule has 6 aromatic carbocycles. The Labute approximate surface area is 300 Å². The lowest BCUT2D eigenvalue weighted by Crippen LogP contribution is -2.10. The normalized spacial score (nSPS) is 10.7. The molecule has 9 nitrogen and oxygen atoms in total. The number of ether oxygens (including phenoxy) is 5. The topological polar surface area (TPSA) is 114 Å². The van der Waals surface area contributed by atoms with Crippen LogP contribution >= 0.6 is 0 Å². The lowest BCUT2D eigenvalue weighted by molar-refractivity contribution is -0.137. The van der Waals surface area contributed by atoms with Crippen LogP contribution in [0.1, 0.15) is 48.6 Å². The van der Waals surface area contributed by atoms with Gasteiger partial charge in [-0.1, -0.05) is 48.5 Å². The van der Waals surface area contributed by atoms with Crippen LogP contribution in [0, 0.1) is 13.8 Å². The van der Waals surface area contributed by atoms with E-state index in [1.165, 1.54) is 0 Å². The van der Waals surface area contributed by atoms with Crippen LogP contribution < -0.4 is 18.9 Å². The van der Waals surface area contributed by atoms with Crippen LogP contribution in [0.4, 0.5) is 0 Å². The smallest absolute Gasteiger partial charge is 0.343 e. The fourth-order valence-corrected chi connectivity index (χ4v) is 5.40. The average molecular weight is 695 g/mol. The van der Waals surface area contributed by atoms with Crippen molar-refractivity contribution in [3.05, 3.63) is 156 Å². The first kappa shape index (κ1) is 35.1. The van der Waals surface area contributed by atoms with Crippen molar-refractivity contribution >= 4 is 45.4 Å². The molecule has 0 fully saturated rings. The van der Waals surface area contributed by atoms with Gasteiger partial charge in [-0.05, 0) is 120 Å². The Morgan fingerprint density at radius 1 is 0.538 bits per heavy atom. The van der Waals surface area contributed by atoms with Crippen LogP contribution in [0.5, 0.6) is 23.0 Å². The van der Waals surface area contributed by atoms with Crippen LogP contribution in [-0.2, 0) is 9.53 Å². The zero-order valence-corrected chi connectivity index (χ0v) is 28.5. The molecule has 6 aromatic rings. The summed E-state index contributed by atoms with van der Waals surface area (Å²) >= 11 is 0. The van der Waals surface area contributed by atoms with Gasteiger partial charge >= 0.3 is 23.9 Å². The first-order valence-electron chi connectivity index (χ1n) is 16.5. The predicted molar refractivity (Wildman–Crippen MR) is 196 cm³/mol. The Morgan fingerprint density at radius 2 is 1.04 bits per heavy atom. The Kier molecular flexibility index (Phi) is 10.7. The van der Waals surface area contributed by atoms with Crippen molar-refractivity contribution in [3.8, 4) is 23.0 Å². The summed E-state index contributed by atoms with van der Waals surface area (Å²) in [7, 11) is 0. The molecule has 0 spiro atoms. The largest absolute Gasteiger partial charge is 0.493 e. The number of carbonyl (C=O) groups is 4. The molecule has 0 unspecified atom stereocenters. The third-order valence-corrected chi connectivity index (χ3v) is 8.11. The molecule has 0 aliphatic carbocycles. The molecule has 0 saturated heterocycles. The van der Waals surface area contributed by atoms with Crippen LogP contribution in [0.3, 0.4) is 0 Å². The molecule has 6 rings (SSSR count). The van der Waals surface area contributed by atoms with Crippen LogP contribution in [0.25, 0.3) is 21.5 Å². The highest BCUT2D eigenvalue weighted by Gasteiger charge is 2.15. The molecule has 0 atom stereocenters. The first-order valence-corrected chi connectivity index (χ1v) is 16.5. The Balaban J connectivity index is 1.04. The van der Waals surface area contributed by atoms with Crippen molar-refractivity contribution in [2.75, 3.05) is 13.2 Å². The van der Waals surface area contributed by atoms with E-state index in [-0.39, 0.29) is 6.61 Å². The monoisotopic (exact) mass is 694 g/mol. The van der Waals surface area contributed by atoms with Gasteiger partial charge < -0.3 is 23.7 Å². The quantitative estimate of drug-likeness (QED) is 0.0537. The first-order chi connectivity index (χ1) is 25.1. The van der Waals surface area contributed by atoms with E-state index in [4.69, 9.17) is 23.7 Å². The molecule has 0 saturated carbocycles. The van der Waals surface area contributed by atoms with Crippen molar-refractivity contribution in [3.63, 3.8) is 0 Å². The summed E-state index contributed by atoms with van der Waals surface area (Å²) in [5.41, 5.74) is 3.06. The van der Waals surface area contributed by atoms with Gasteiger partial charge in [-0.2, -0.15) is 0 Å². The van der Waals surface area contributed by atoms with E-state index in [0.29, 0.717) is 52.7 Å². The number of aryl methyl sites for hydroxylation is 2. The summed E-state index contributed by atoms with van der Waals surface area (Å²) < 4.78 is 27.4. The number of carbonyl (C=O) groups excluding carboxylic acids is 4. The fraction of sp³-hybridized carbons (Fsp3) is 0.116. The van der Waals surface area contributed by atoms with Gasteiger partial charge in [0, 0.05) is 12.5 Å². The highest BCUT2D eigenvalue weighted by Crippen LogP contribution is 2.27. The highest BCUT2D eigenvalue weighted by atomic mass is 16.5. The number of hydrogen-bond donors (Lipinski definition) is 0. The minimum Gasteiger partial charge on any atom is -0.493 e. The van der Waals surface area contributed by atoms with E-state index in [1.54, 1.807) is 103 Å². The van der Waals surface area contributed by atoms with Crippen molar-refractivity contribution in [1.82, 2.24) is 0 Å². The van der Waals surface area contributed by atoms with E-state index < -0.39 is 23.9 Å². The lowest BCUT2D eigenvalue weighted by atomic mass is 10.1. The number of fused-ring (bicyclic) bond motifs is 2. The number of hydrogen-bond acceptors (Lipinski definition) is 9. The number of benzene rings is 6. The van der Waals surface area contributed by atoms with E-state index in [1.807, 2.05) is 26.0 Å². The molecule has 0 radical (unpaired) electrons. The van der Waals surface area contributed by atoms with Gasteiger partial charge in [0.1, 0.15) is 23.0 Å². The molecule has 0 aliphatic rings. The Morgan fingerprint density at radius 3 is 1.62 bits per heavy atom. The van der Waals surface area contributed by atoms with Crippen molar-refractivity contribution < 1.29 is 42.9 Å². The summed E-state index contributed by atoms with van der Waals surface area (Å²) in [6, 6.07) is 32.8. The zero-order chi connectivity index (χ0) is 36.6. The van der Waals surface area contributed by atoms with Crippen molar-refractivity contribution in [1.29, 1.82) is 0 Å². The van der Waals surface area contributed by atoms with Gasteiger partial charge in [-0.15, -0.1) is 0 Å². The van der Waals surface area contributed by atoms with Gasteiger partial charge in [0.05, 0.1) is 29.9 Å². The van der Waals surface area contributed by atoms with E-state index in [2.05, 4.69) is 6.58 Å². The maximum absolute atomic E-state index is 13.1. The van der Waals surface area contributed by atoms with E-state index in [9.17, 15) is 19.2 Å². The van der Waals surface area contributed by atoms with Gasteiger partial charge in [0.15, 0.2) is 0 Å². The lowest BCUT2D eigenvalue weighted by Gasteiger charge is -2.10. The highest BCUT2D eigenvalue weighted by molar-refractivity contribution is 5.99. The second kappa shape index (κ2) is 15.9. The molecular formula is C43H34O9. The average Bonchev–Trinajstić information content (AvgIpc) is 3.15. The van der Waals surface area contributed by atoms with Crippen molar-refractivity contribution in [2.24, 2.45) is 0 Å². The molecule has 0 amide bonds. The molecule has 0 aliphatic heterocycles. The molecule has 0 N–H and O–H groups in total. The third kappa shape index (κ3) is 8.70. The van der Waals surface area contributed by atoms with Crippen LogP contribution in [-0.4, -0.2) is 37.1 Å². The van der Waals surface area contributed by atoms with E-state index in [0.717, 1.165) is 38.7 Å². The molecule has 260 valence electrons. The summed E-state index contributed by atoms with van der Waals surface area (Å²) in [6.45, 7) is 7.78. The molecule has 9 heteroatoms. The standard InChI is InChI=1S/C43H34O9/c1-4-40(44)49-21-5-20-48-36-15-11-29(12-16-36)41(45)50-37-17-13-30-23-34(9-7-32(30)25-37)42(46)51-38-18-14-31-24-35(10-8-33(31)26-38)43(47)52-39-19-6-27(2)22-28(39)3/h4,6-19,22-26H,1,5,20-21H2,2-3H3. The minimum absolute atomic E-state index is 0.220. The number of esters is 4. The Hall–Kier alpha value is -6.74. The zero-order valence-electron chi connectivity index (χ0n) is 28.5. The summed E-state index contributed by atoms with van der Waals surface area (Å²) in [6.07, 6.45) is 1.62. The molecular weight excluding hydrogens is 660 g/mol. The third-order valence-electron chi connectivity index (χ3n) is 8.11. The minimum atomic E-state index is -0.536.